The van der Waals surface area contributed by atoms with Crippen LogP contribution in [0.1, 0.15) is 54.4 Å². The molecule has 1 aromatic heterocycles. The summed E-state index contributed by atoms with van der Waals surface area (Å²) < 4.78 is 12.9. The van der Waals surface area contributed by atoms with E-state index in [9.17, 15) is 9.18 Å². The van der Waals surface area contributed by atoms with Crippen LogP contribution in [0.2, 0.25) is 0 Å². The summed E-state index contributed by atoms with van der Waals surface area (Å²) in [5.41, 5.74) is 1.54. The molecular formula is C21H26FN3O. The summed E-state index contributed by atoms with van der Waals surface area (Å²) in [6.07, 6.45) is 9.84. The van der Waals surface area contributed by atoms with E-state index in [1.165, 1.54) is 50.7 Å². The lowest BCUT2D eigenvalue weighted by Crippen LogP contribution is -2.26. The molecular weight excluding hydrogens is 329 g/mol. The van der Waals surface area contributed by atoms with Crippen LogP contribution in [0.5, 0.6) is 0 Å². The number of hydrogen-bond acceptors (Lipinski definition) is 3. The number of nitrogens with one attached hydrogen (secondary N) is 2. The summed E-state index contributed by atoms with van der Waals surface area (Å²) in [7, 11) is 0. The van der Waals surface area contributed by atoms with E-state index in [2.05, 4.69) is 15.6 Å². The van der Waals surface area contributed by atoms with Gasteiger partial charge in [0.1, 0.15) is 11.6 Å². The number of rotatable bonds is 6. The minimum atomic E-state index is -0.249. The van der Waals surface area contributed by atoms with E-state index in [0.29, 0.717) is 24.6 Å². The summed E-state index contributed by atoms with van der Waals surface area (Å²) in [5, 5.41) is 6.36. The maximum atomic E-state index is 12.9. The van der Waals surface area contributed by atoms with Crippen molar-refractivity contribution in [3.8, 4) is 0 Å². The average molecular weight is 355 g/mol. The van der Waals surface area contributed by atoms with Crippen molar-refractivity contribution in [2.75, 3.05) is 11.9 Å². The number of nitrogens with zero attached hydrogens (tertiary/aromatic N) is 1. The quantitative estimate of drug-likeness (QED) is 0.759. The van der Waals surface area contributed by atoms with Gasteiger partial charge in [0.15, 0.2) is 0 Å². The molecule has 0 aliphatic heterocycles. The minimum Gasteiger partial charge on any atom is -0.367 e. The Kier molecular flexibility index (Phi) is 6.58. The lowest BCUT2D eigenvalue weighted by molar-refractivity contribution is 0.0954. The third-order valence-corrected chi connectivity index (χ3v) is 4.85. The van der Waals surface area contributed by atoms with Gasteiger partial charge in [0.2, 0.25) is 0 Å². The Bertz CT molecular complexity index is 692. The van der Waals surface area contributed by atoms with Gasteiger partial charge in [-0.1, -0.05) is 37.8 Å². The van der Waals surface area contributed by atoms with Gasteiger partial charge in [-0.25, -0.2) is 9.37 Å². The number of pyridine rings is 1. The summed E-state index contributed by atoms with van der Waals surface area (Å²) in [6, 6.07) is 10.5. The maximum Gasteiger partial charge on any atom is 0.252 e. The van der Waals surface area contributed by atoms with Gasteiger partial charge < -0.3 is 10.6 Å². The molecule has 2 N–H and O–H groups in total. The molecule has 3 rings (SSSR count). The Labute approximate surface area is 154 Å². The molecule has 1 fully saturated rings. The summed E-state index contributed by atoms with van der Waals surface area (Å²) in [5.74, 6) is 0.446. The van der Waals surface area contributed by atoms with Crippen LogP contribution in [0.4, 0.5) is 10.2 Å². The summed E-state index contributed by atoms with van der Waals surface area (Å²) in [4.78, 5) is 16.6. The van der Waals surface area contributed by atoms with Crippen molar-refractivity contribution in [3.63, 3.8) is 0 Å². The van der Waals surface area contributed by atoms with Gasteiger partial charge >= 0.3 is 0 Å². The zero-order chi connectivity index (χ0) is 18.2. The first kappa shape index (κ1) is 18.4. The highest BCUT2D eigenvalue weighted by Gasteiger charge is 2.13. The Morgan fingerprint density at radius 1 is 1.04 bits per heavy atom. The Balaban J connectivity index is 1.46. The average Bonchev–Trinajstić information content (AvgIpc) is 2.92. The normalized spacial score (nSPS) is 15.3. The smallest absolute Gasteiger partial charge is 0.252 e. The molecule has 4 nitrogen and oxygen atoms in total. The first-order valence-electron chi connectivity index (χ1n) is 9.46. The predicted octanol–water partition coefficient (Wildman–Crippen LogP) is 4.33. The van der Waals surface area contributed by atoms with Crippen molar-refractivity contribution < 1.29 is 9.18 Å². The Morgan fingerprint density at radius 2 is 1.77 bits per heavy atom. The highest BCUT2D eigenvalue weighted by molar-refractivity contribution is 5.94. The molecule has 1 aromatic carbocycles. The standard InChI is InChI=1S/C21H26FN3O/c22-18-10-7-16(8-11-18)13-14-23-21(26)17-9-12-20(24-15-17)25-19-5-3-1-2-4-6-19/h7-12,15,19H,1-6,13-14H2,(H,23,26)(H,24,25). The fraction of sp³-hybridized carbons (Fsp3) is 0.429. The van der Waals surface area contributed by atoms with Crippen LogP contribution in [0.3, 0.4) is 0 Å². The van der Waals surface area contributed by atoms with Gasteiger partial charge in [0.05, 0.1) is 5.56 Å². The number of hydrogen-bond donors (Lipinski definition) is 2. The Hall–Kier alpha value is -2.43. The van der Waals surface area contributed by atoms with Crippen molar-refractivity contribution in [1.29, 1.82) is 0 Å². The number of anilines is 1. The predicted molar refractivity (Wildman–Crippen MR) is 102 cm³/mol. The third-order valence-electron chi connectivity index (χ3n) is 4.85. The van der Waals surface area contributed by atoms with E-state index in [1.807, 2.05) is 6.07 Å². The molecule has 1 saturated carbocycles. The number of aromatic nitrogens is 1. The van der Waals surface area contributed by atoms with E-state index in [4.69, 9.17) is 0 Å². The van der Waals surface area contributed by atoms with Crippen LogP contribution in [-0.4, -0.2) is 23.5 Å². The molecule has 0 unspecified atom stereocenters. The molecule has 5 heteroatoms. The van der Waals surface area contributed by atoms with Crippen molar-refractivity contribution >= 4 is 11.7 Å². The van der Waals surface area contributed by atoms with E-state index in [0.717, 1.165) is 11.4 Å². The van der Waals surface area contributed by atoms with Gasteiger partial charge in [0.25, 0.3) is 5.91 Å². The fourth-order valence-corrected chi connectivity index (χ4v) is 3.32. The van der Waals surface area contributed by atoms with E-state index < -0.39 is 0 Å². The summed E-state index contributed by atoms with van der Waals surface area (Å²) >= 11 is 0. The number of halogens is 1. The number of amides is 1. The first-order chi connectivity index (χ1) is 12.7. The zero-order valence-electron chi connectivity index (χ0n) is 15.0. The minimum absolute atomic E-state index is 0.138. The van der Waals surface area contributed by atoms with Gasteiger partial charge in [-0.3, -0.25) is 4.79 Å². The number of carbonyl (C=O) groups is 1. The summed E-state index contributed by atoms with van der Waals surface area (Å²) in [6.45, 7) is 0.506. The number of carbonyl (C=O) groups excluding carboxylic acids is 1. The lowest BCUT2D eigenvalue weighted by Gasteiger charge is -2.16. The molecule has 0 saturated heterocycles. The first-order valence-corrected chi connectivity index (χ1v) is 9.46. The van der Waals surface area contributed by atoms with Crippen LogP contribution in [0.25, 0.3) is 0 Å². The van der Waals surface area contributed by atoms with Gasteiger partial charge in [-0.05, 0) is 49.1 Å². The third kappa shape index (κ3) is 5.55. The van der Waals surface area contributed by atoms with Crippen molar-refractivity contribution in [2.45, 2.75) is 51.0 Å². The molecule has 1 heterocycles. The second-order valence-electron chi connectivity index (χ2n) is 6.90. The molecule has 0 atom stereocenters. The number of benzene rings is 1. The van der Waals surface area contributed by atoms with Gasteiger partial charge in [0, 0.05) is 18.8 Å². The van der Waals surface area contributed by atoms with Crippen LogP contribution >= 0.6 is 0 Å². The fourth-order valence-electron chi connectivity index (χ4n) is 3.32. The molecule has 1 aliphatic carbocycles. The molecule has 1 amide bonds. The van der Waals surface area contributed by atoms with Gasteiger partial charge in [-0.2, -0.15) is 0 Å². The van der Waals surface area contributed by atoms with Crippen LogP contribution < -0.4 is 10.6 Å². The maximum absolute atomic E-state index is 12.9. The molecule has 0 radical (unpaired) electrons. The van der Waals surface area contributed by atoms with E-state index in [-0.39, 0.29) is 11.7 Å². The molecule has 0 bridgehead atoms. The second kappa shape index (κ2) is 9.32. The highest BCUT2D eigenvalue weighted by atomic mass is 19.1. The highest BCUT2D eigenvalue weighted by Crippen LogP contribution is 2.20. The van der Waals surface area contributed by atoms with Gasteiger partial charge in [-0.15, -0.1) is 0 Å². The van der Waals surface area contributed by atoms with Crippen molar-refractivity contribution in [2.24, 2.45) is 0 Å². The van der Waals surface area contributed by atoms with E-state index >= 15 is 0 Å². The van der Waals surface area contributed by atoms with Crippen molar-refractivity contribution in [1.82, 2.24) is 10.3 Å². The second-order valence-corrected chi connectivity index (χ2v) is 6.90. The monoisotopic (exact) mass is 355 g/mol. The molecule has 26 heavy (non-hydrogen) atoms. The van der Waals surface area contributed by atoms with Crippen LogP contribution in [0.15, 0.2) is 42.6 Å². The topological polar surface area (TPSA) is 54.0 Å². The largest absolute Gasteiger partial charge is 0.367 e. The van der Waals surface area contributed by atoms with E-state index in [1.54, 1.807) is 24.4 Å². The van der Waals surface area contributed by atoms with Crippen LogP contribution in [0, 0.1) is 5.82 Å². The zero-order valence-corrected chi connectivity index (χ0v) is 15.0. The van der Waals surface area contributed by atoms with Crippen LogP contribution in [-0.2, 0) is 6.42 Å². The Morgan fingerprint density at radius 3 is 2.42 bits per heavy atom. The molecule has 1 aliphatic rings. The molecule has 138 valence electrons. The molecule has 0 spiro atoms. The lowest BCUT2D eigenvalue weighted by atomic mass is 10.1. The SMILES string of the molecule is O=C(NCCc1ccc(F)cc1)c1ccc(NC2CCCCCC2)nc1. The molecule has 2 aromatic rings. The van der Waals surface area contributed by atoms with Crippen molar-refractivity contribution in [3.05, 3.63) is 59.5 Å².